The molecule has 2 aromatic carbocycles. The molecule has 0 aliphatic heterocycles. The number of halogens is 3. The van der Waals surface area contributed by atoms with E-state index in [0.29, 0.717) is 5.69 Å². The quantitative estimate of drug-likeness (QED) is 0.504. The average Bonchev–Trinajstić information content (AvgIpc) is 3.10. The van der Waals surface area contributed by atoms with Crippen molar-refractivity contribution in [1.29, 1.82) is 0 Å². The van der Waals surface area contributed by atoms with Crippen LogP contribution in [0.2, 0.25) is 0 Å². The summed E-state index contributed by atoms with van der Waals surface area (Å²) in [5, 5.41) is 7.86. The summed E-state index contributed by atoms with van der Waals surface area (Å²) in [6.07, 6.45) is 0.688. The molecule has 152 valence electrons. The fraction of sp³-hybridized carbons (Fsp3) is 0.136. The summed E-state index contributed by atoms with van der Waals surface area (Å²) in [5.41, 5.74) is 3.07. The number of aromatic nitrogens is 3. The monoisotopic (exact) mass is 410 g/mol. The van der Waals surface area contributed by atoms with E-state index in [4.69, 9.17) is 0 Å². The average molecular weight is 410 g/mol. The van der Waals surface area contributed by atoms with E-state index < -0.39 is 17.6 Å². The van der Waals surface area contributed by atoms with E-state index in [1.807, 2.05) is 20.0 Å². The number of anilines is 1. The van der Waals surface area contributed by atoms with Gasteiger partial charge in [-0.1, -0.05) is 12.1 Å². The van der Waals surface area contributed by atoms with Gasteiger partial charge < -0.3 is 5.32 Å². The molecule has 0 bridgehead atoms. The van der Waals surface area contributed by atoms with E-state index in [9.17, 15) is 18.0 Å². The Morgan fingerprint density at radius 2 is 1.83 bits per heavy atom. The number of pyridine rings is 1. The van der Waals surface area contributed by atoms with Crippen molar-refractivity contribution in [3.8, 4) is 11.1 Å². The van der Waals surface area contributed by atoms with E-state index in [1.54, 1.807) is 35.4 Å². The van der Waals surface area contributed by atoms with Crippen LogP contribution in [0.4, 0.5) is 18.9 Å². The second-order valence-electron chi connectivity index (χ2n) is 6.95. The zero-order valence-electron chi connectivity index (χ0n) is 16.2. The first-order valence-electron chi connectivity index (χ1n) is 9.09. The van der Waals surface area contributed by atoms with E-state index in [-0.39, 0.29) is 5.56 Å². The number of rotatable bonds is 3. The lowest BCUT2D eigenvalue weighted by atomic mass is 9.99. The molecule has 0 saturated carbocycles. The molecule has 0 unspecified atom stereocenters. The van der Waals surface area contributed by atoms with Gasteiger partial charge >= 0.3 is 6.18 Å². The first kappa shape index (κ1) is 19.6. The minimum atomic E-state index is -4.51. The molecule has 4 rings (SSSR count). The second kappa shape index (κ2) is 7.29. The summed E-state index contributed by atoms with van der Waals surface area (Å²) in [5.74, 6) is -0.617. The van der Waals surface area contributed by atoms with Crippen LogP contribution < -0.4 is 5.32 Å². The predicted molar refractivity (Wildman–Crippen MR) is 108 cm³/mol. The van der Waals surface area contributed by atoms with Gasteiger partial charge in [-0.15, -0.1) is 0 Å². The minimum Gasteiger partial charge on any atom is -0.322 e. The zero-order valence-corrected chi connectivity index (χ0v) is 16.2. The van der Waals surface area contributed by atoms with Crippen LogP contribution in [-0.4, -0.2) is 20.7 Å². The van der Waals surface area contributed by atoms with Gasteiger partial charge in [-0.2, -0.15) is 18.3 Å². The minimum absolute atomic E-state index is 0.0667. The highest BCUT2D eigenvalue weighted by Crippen LogP contribution is 2.32. The molecular formula is C22H17F3N4O. The standard InChI is InChI=1S/C22H17F3N4O/c1-13-6-7-16(28-21(30)14-4-3-5-15(8-14)22(23,24)25)9-17(13)18-10-26-12-20-19(18)11-27-29(20)2/h3-12H,1-2H3,(H,28,30). The van der Waals surface area contributed by atoms with E-state index in [0.717, 1.165) is 39.7 Å². The number of aryl methyl sites for hydroxylation is 2. The van der Waals surface area contributed by atoms with Crippen molar-refractivity contribution in [2.45, 2.75) is 13.1 Å². The van der Waals surface area contributed by atoms with Gasteiger partial charge in [-0.05, 0) is 48.4 Å². The predicted octanol–water partition coefficient (Wildman–Crippen LogP) is 5.21. The molecule has 8 heteroatoms. The molecule has 0 fully saturated rings. The fourth-order valence-corrected chi connectivity index (χ4v) is 3.30. The zero-order chi connectivity index (χ0) is 21.5. The molecule has 0 aliphatic rings. The summed E-state index contributed by atoms with van der Waals surface area (Å²) in [6, 6.07) is 9.66. The summed E-state index contributed by atoms with van der Waals surface area (Å²) >= 11 is 0. The molecule has 1 N–H and O–H groups in total. The molecule has 0 spiro atoms. The smallest absolute Gasteiger partial charge is 0.322 e. The Hall–Kier alpha value is -3.68. The summed E-state index contributed by atoms with van der Waals surface area (Å²) in [4.78, 5) is 16.8. The third-order valence-electron chi connectivity index (χ3n) is 4.91. The Kier molecular flexibility index (Phi) is 4.77. The van der Waals surface area contributed by atoms with Gasteiger partial charge in [0.25, 0.3) is 5.91 Å². The molecule has 0 atom stereocenters. The Balaban J connectivity index is 1.68. The van der Waals surface area contributed by atoms with E-state index in [2.05, 4.69) is 15.4 Å². The number of alkyl halides is 3. The van der Waals surface area contributed by atoms with Gasteiger partial charge in [-0.25, -0.2) is 0 Å². The normalized spacial score (nSPS) is 11.6. The maximum absolute atomic E-state index is 12.9. The fourth-order valence-electron chi connectivity index (χ4n) is 3.30. The third-order valence-corrected chi connectivity index (χ3v) is 4.91. The first-order valence-corrected chi connectivity index (χ1v) is 9.09. The van der Waals surface area contributed by atoms with Crippen molar-refractivity contribution in [3.05, 3.63) is 77.7 Å². The van der Waals surface area contributed by atoms with Crippen LogP contribution in [0.5, 0.6) is 0 Å². The molecule has 1 amide bonds. The van der Waals surface area contributed by atoms with Crippen LogP contribution >= 0.6 is 0 Å². The highest BCUT2D eigenvalue weighted by Gasteiger charge is 2.30. The lowest BCUT2D eigenvalue weighted by Crippen LogP contribution is -2.14. The molecule has 2 heterocycles. The van der Waals surface area contributed by atoms with Crippen LogP contribution in [0.25, 0.3) is 22.0 Å². The van der Waals surface area contributed by atoms with Gasteiger partial charge in [0.05, 0.1) is 23.5 Å². The Morgan fingerprint density at radius 3 is 2.60 bits per heavy atom. The van der Waals surface area contributed by atoms with Gasteiger partial charge in [-0.3, -0.25) is 14.5 Å². The van der Waals surface area contributed by atoms with E-state index in [1.165, 1.54) is 12.1 Å². The summed E-state index contributed by atoms with van der Waals surface area (Å²) in [7, 11) is 1.83. The number of amides is 1. The molecule has 4 aromatic rings. The number of fused-ring (bicyclic) bond motifs is 1. The third kappa shape index (κ3) is 3.63. The molecular weight excluding hydrogens is 393 g/mol. The largest absolute Gasteiger partial charge is 0.416 e. The summed E-state index contributed by atoms with van der Waals surface area (Å²) < 4.78 is 40.5. The van der Waals surface area contributed by atoms with Crippen LogP contribution in [0.1, 0.15) is 21.5 Å². The Morgan fingerprint density at radius 1 is 1.03 bits per heavy atom. The Bertz CT molecular complexity index is 1260. The SMILES string of the molecule is Cc1ccc(NC(=O)c2cccc(C(F)(F)F)c2)cc1-c1cncc2c1cnn2C. The van der Waals surface area contributed by atoms with Crippen molar-refractivity contribution >= 4 is 22.5 Å². The Labute approximate surface area is 170 Å². The highest BCUT2D eigenvalue weighted by molar-refractivity contribution is 6.05. The molecule has 0 radical (unpaired) electrons. The van der Waals surface area contributed by atoms with Gasteiger partial charge in [0.15, 0.2) is 0 Å². The molecule has 30 heavy (non-hydrogen) atoms. The van der Waals surface area contributed by atoms with E-state index >= 15 is 0 Å². The van der Waals surface area contributed by atoms with Crippen molar-refractivity contribution < 1.29 is 18.0 Å². The van der Waals surface area contributed by atoms with Crippen molar-refractivity contribution in [2.24, 2.45) is 7.05 Å². The number of nitrogens with one attached hydrogen (secondary N) is 1. The maximum atomic E-state index is 12.9. The topological polar surface area (TPSA) is 59.8 Å². The van der Waals surface area contributed by atoms with Gasteiger partial charge in [0.2, 0.25) is 0 Å². The highest BCUT2D eigenvalue weighted by atomic mass is 19.4. The number of carbonyl (C=O) groups excluding carboxylic acids is 1. The maximum Gasteiger partial charge on any atom is 0.416 e. The number of hydrogen-bond donors (Lipinski definition) is 1. The lowest BCUT2D eigenvalue weighted by molar-refractivity contribution is -0.137. The van der Waals surface area contributed by atoms with Crippen LogP contribution in [0, 0.1) is 6.92 Å². The second-order valence-corrected chi connectivity index (χ2v) is 6.95. The van der Waals surface area contributed by atoms with Crippen molar-refractivity contribution in [2.75, 3.05) is 5.32 Å². The van der Waals surface area contributed by atoms with Crippen molar-refractivity contribution in [3.63, 3.8) is 0 Å². The van der Waals surface area contributed by atoms with Crippen LogP contribution in [0.3, 0.4) is 0 Å². The van der Waals surface area contributed by atoms with Gasteiger partial charge in [0.1, 0.15) is 0 Å². The molecule has 5 nitrogen and oxygen atoms in total. The van der Waals surface area contributed by atoms with Crippen molar-refractivity contribution in [1.82, 2.24) is 14.8 Å². The molecule has 2 aromatic heterocycles. The molecule has 0 aliphatic carbocycles. The summed E-state index contributed by atoms with van der Waals surface area (Å²) in [6.45, 7) is 1.93. The van der Waals surface area contributed by atoms with Crippen LogP contribution in [-0.2, 0) is 13.2 Å². The first-order chi connectivity index (χ1) is 14.2. The molecule has 0 saturated heterocycles. The number of carbonyl (C=O) groups is 1. The number of nitrogens with zero attached hydrogens (tertiary/aromatic N) is 3. The van der Waals surface area contributed by atoms with Gasteiger partial charge in [0, 0.05) is 35.4 Å². The number of hydrogen-bond acceptors (Lipinski definition) is 3. The van der Waals surface area contributed by atoms with Crippen LogP contribution in [0.15, 0.2) is 61.1 Å². The lowest BCUT2D eigenvalue weighted by Gasteiger charge is -2.12. The number of benzene rings is 2.